The fourth-order valence-corrected chi connectivity index (χ4v) is 0. The number of hydrogen-bond acceptors (Lipinski definition) is 6. The maximum absolute atomic E-state index is 8.23. The summed E-state index contributed by atoms with van der Waals surface area (Å²) in [5.41, 5.74) is 0. The predicted molar refractivity (Wildman–Crippen MR) is 21.2 cm³/mol. The van der Waals surface area contributed by atoms with Gasteiger partial charge in [0.1, 0.15) is 0 Å². The van der Waals surface area contributed by atoms with Gasteiger partial charge in [0.25, 0.3) is 0 Å². The first-order valence-electron chi connectivity index (χ1n) is 0.966. The number of nitrogens with two attached hydrogens (primary N) is 4. The second-order valence-electron chi connectivity index (χ2n) is 1.29. The molecule has 7 heteroatoms. The molecule has 0 heterocycles. The normalized spacial score (nSPS) is 23.1. The zero-order valence-corrected chi connectivity index (χ0v) is 4.45. The van der Waals surface area contributed by atoms with Crippen LogP contribution in [0.3, 0.4) is 0 Å². The van der Waals surface area contributed by atoms with E-state index in [1.165, 1.54) is 0 Å². The average Bonchev–Trinajstić information content (AvgIpc) is 0.592. The topological polar surface area (TPSA) is 145 Å². The molecule has 0 atom stereocenters. The van der Waals surface area contributed by atoms with E-state index in [0.29, 0.717) is 0 Å². The van der Waals surface area contributed by atoms with Crippen LogP contribution in [-0.2, 0) is 12.3 Å². The summed E-state index contributed by atoms with van der Waals surface area (Å²) in [6.45, 7) is 0. The molecule has 0 aliphatic rings. The molecule has 0 bridgehead atoms. The first kappa shape index (κ1) is 7.28. The van der Waals surface area contributed by atoms with Crippen LogP contribution >= 0.6 is 0 Å². The van der Waals surface area contributed by atoms with Crippen molar-refractivity contribution in [3.05, 3.63) is 0 Å². The summed E-state index contributed by atoms with van der Waals surface area (Å²) in [7, 11) is 0. The van der Waals surface area contributed by atoms with Crippen LogP contribution in [0.25, 0.3) is 0 Å². The third-order valence-corrected chi connectivity index (χ3v) is 0. The standard InChI is InChI=1S/Cu.4H2N.2H2O/h;6*1H2/q+6;4*-1;;/p-2. The van der Waals surface area contributed by atoms with Crippen LogP contribution in [0.4, 0.5) is 0 Å². The van der Waals surface area contributed by atoms with Gasteiger partial charge in [-0.1, -0.05) is 0 Å². The van der Waals surface area contributed by atoms with E-state index >= 15 is 0 Å². The molecule has 7 heavy (non-hydrogen) atoms. The van der Waals surface area contributed by atoms with E-state index in [0.717, 1.165) is 0 Å². The number of hydrogen-bond donors (Lipinski definition) is 6. The van der Waals surface area contributed by atoms with Crippen LogP contribution in [0.15, 0.2) is 0 Å². The maximum atomic E-state index is 8.23. The van der Waals surface area contributed by atoms with Gasteiger partial charge in [-0.05, 0) is 0 Å². The fraction of sp³-hybridized carbons (Fsp3) is 0. The van der Waals surface area contributed by atoms with Gasteiger partial charge in [0.2, 0.25) is 0 Å². The molecule has 0 aromatic heterocycles. The molecule has 0 aliphatic carbocycles. The molecule has 0 radical (unpaired) electrons. The fourth-order valence-electron chi connectivity index (χ4n) is 0. The summed E-state index contributed by atoms with van der Waals surface area (Å²) in [6.07, 6.45) is 0. The van der Waals surface area contributed by atoms with Crippen molar-refractivity contribution in [3.63, 3.8) is 0 Å². The third kappa shape index (κ3) is 1470. The van der Waals surface area contributed by atoms with Crippen molar-refractivity contribution >= 4 is 0 Å². The van der Waals surface area contributed by atoms with Crippen molar-refractivity contribution in [2.45, 2.75) is 0 Å². The molecule has 6 nitrogen and oxygen atoms in total. The molecule has 0 aliphatic heterocycles. The Morgan fingerprint density at radius 3 is 0.857 bits per heavy atom. The Balaban J connectivity index is 4.43. The molecule has 0 saturated carbocycles. The van der Waals surface area contributed by atoms with Crippen molar-refractivity contribution in [1.82, 2.24) is 0 Å². The minimum atomic E-state index is -5.44. The van der Waals surface area contributed by atoms with Gasteiger partial charge in [0.05, 0.1) is 0 Å². The van der Waals surface area contributed by atoms with Gasteiger partial charge < -0.3 is 0 Å². The van der Waals surface area contributed by atoms with Crippen molar-refractivity contribution in [3.8, 4) is 0 Å². The molecule has 0 aromatic rings. The van der Waals surface area contributed by atoms with Crippen molar-refractivity contribution in [2.75, 3.05) is 0 Å². The molecule has 53 valence electrons. The van der Waals surface area contributed by atoms with Crippen molar-refractivity contribution in [2.24, 2.45) is 19.0 Å². The second-order valence-corrected chi connectivity index (χ2v) is 5.30. The molecule has 0 unspecified atom stereocenters. The SMILES string of the molecule is [NH2][Cu]([NH2])([NH2])([NH2])([OH])[OH]. The first-order valence-corrected chi connectivity index (χ1v) is 3.98. The Kier molecular flexibility index (Phi) is 0.780. The summed E-state index contributed by atoms with van der Waals surface area (Å²) in [4.78, 5) is 0. The molecular weight excluding hydrogens is 152 g/mol. The Morgan fingerprint density at radius 2 is 0.857 bits per heavy atom. The van der Waals surface area contributed by atoms with Gasteiger partial charge in [-0.25, -0.2) is 0 Å². The molecule has 0 aromatic carbocycles. The third-order valence-electron chi connectivity index (χ3n) is 0. The molecule has 0 rings (SSSR count). The molecule has 0 saturated heterocycles. The molecule has 0 amide bonds. The average molecular weight is 162 g/mol. The van der Waals surface area contributed by atoms with E-state index in [9.17, 15) is 0 Å². The van der Waals surface area contributed by atoms with E-state index in [2.05, 4.69) is 19.0 Å². The summed E-state index contributed by atoms with van der Waals surface area (Å²) in [5, 5.41) is 0. The summed E-state index contributed by atoms with van der Waals surface area (Å²) < 4.78 is 34.1. The van der Waals surface area contributed by atoms with E-state index in [1.807, 2.05) is 0 Å². The Morgan fingerprint density at radius 1 is 0.857 bits per heavy atom. The van der Waals surface area contributed by atoms with Gasteiger partial charge in [0, 0.05) is 0 Å². The first-order chi connectivity index (χ1) is 2.45. The molecule has 10 N–H and O–H groups in total. The van der Waals surface area contributed by atoms with Crippen LogP contribution in [-0.4, -0.2) is 8.38 Å². The van der Waals surface area contributed by atoms with E-state index in [-0.39, 0.29) is 0 Å². The zero-order chi connectivity index (χ0) is 6.41. The van der Waals surface area contributed by atoms with Crippen molar-refractivity contribution < 1.29 is 20.6 Å². The summed E-state index contributed by atoms with van der Waals surface area (Å²) in [5.74, 6) is 0. The van der Waals surface area contributed by atoms with Crippen LogP contribution in [0.1, 0.15) is 0 Å². The minimum absolute atomic E-state index is 4.40. The predicted octanol–water partition coefficient (Wildman–Crippen LogP) is -3.48. The summed E-state index contributed by atoms with van der Waals surface area (Å²) in [6, 6.07) is 0. The quantitative estimate of drug-likeness (QED) is 0.204. The van der Waals surface area contributed by atoms with Gasteiger partial charge >= 0.3 is 39.6 Å². The molecule has 0 fully saturated rings. The van der Waals surface area contributed by atoms with E-state index in [1.54, 1.807) is 0 Å². The van der Waals surface area contributed by atoms with Crippen molar-refractivity contribution in [1.29, 1.82) is 0 Å². The second kappa shape index (κ2) is 0.750. The van der Waals surface area contributed by atoms with E-state index in [4.69, 9.17) is 8.38 Å². The van der Waals surface area contributed by atoms with Gasteiger partial charge in [-0.3, -0.25) is 0 Å². The van der Waals surface area contributed by atoms with Gasteiger partial charge in [-0.15, -0.1) is 0 Å². The Hall–Kier alpha value is 0.279. The van der Waals surface area contributed by atoms with Crippen LogP contribution in [0, 0.1) is 0 Å². The van der Waals surface area contributed by atoms with Gasteiger partial charge in [-0.2, -0.15) is 0 Å². The summed E-state index contributed by atoms with van der Waals surface area (Å²) >= 11 is -5.44. The molecular formula is H10CuN4O2. The van der Waals surface area contributed by atoms with Gasteiger partial charge in [0.15, 0.2) is 0 Å². The monoisotopic (exact) mass is 161 g/mol. The molecule has 0 spiro atoms. The van der Waals surface area contributed by atoms with Crippen LogP contribution in [0.2, 0.25) is 0 Å². The number of rotatable bonds is 0. The van der Waals surface area contributed by atoms with E-state index < -0.39 is 12.3 Å². The van der Waals surface area contributed by atoms with Crippen LogP contribution in [0.5, 0.6) is 0 Å². The Bertz CT molecular complexity index is 68.3. The Labute approximate surface area is 40.5 Å². The van der Waals surface area contributed by atoms with Crippen LogP contribution < -0.4 is 19.0 Å². The zero-order valence-electron chi connectivity index (χ0n) is 3.51.